The molecule has 7 nitrogen and oxygen atoms in total. The zero-order chi connectivity index (χ0) is 19.0. The average Bonchev–Trinajstić information content (AvgIpc) is 3.04. The molecule has 0 unspecified atom stereocenters. The topological polar surface area (TPSA) is 103 Å². The van der Waals surface area contributed by atoms with Gasteiger partial charge in [0.25, 0.3) is 5.91 Å². The molecule has 25 heavy (non-hydrogen) atoms. The van der Waals surface area contributed by atoms with Gasteiger partial charge in [0.05, 0.1) is 18.4 Å². The van der Waals surface area contributed by atoms with Crippen molar-refractivity contribution in [2.45, 2.75) is 64.8 Å². The highest BCUT2D eigenvalue weighted by Gasteiger charge is 2.47. The first-order chi connectivity index (χ1) is 11.4. The summed E-state index contributed by atoms with van der Waals surface area (Å²) in [6.45, 7) is 9.91. The van der Waals surface area contributed by atoms with Gasteiger partial charge in [0.2, 0.25) is 5.91 Å². The van der Waals surface area contributed by atoms with E-state index in [-0.39, 0.29) is 17.5 Å². The van der Waals surface area contributed by atoms with Crippen molar-refractivity contribution in [3.05, 3.63) is 24.2 Å². The molecule has 7 heteroatoms. The van der Waals surface area contributed by atoms with Crippen LogP contribution in [0, 0.1) is 5.41 Å². The fourth-order valence-corrected chi connectivity index (χ4v) is 3.65. The van der Waals surface area contributed by atoms with E-state index in [1.54, 1.807) is 0 Å². The average molecular weight is 352 g/mol. The van der Waals surface area contributed by atoms with E-state index >= 15 is 0 Å². The smallest absolute Gasteiger partial charge is 0.257 e. The van der Waals surface area contributed by atoms with E-state index in [2.05, 4.69) is 26.1 Å². The van der Waals surface area contributed by atoms with Gasteiger partial charge < -0.3 is 24.8 Å². The van der Waals surface area contributed by atoms with Crippen LogP contribution < -0.4 is 5.32 Å². The summed E-state index contributed by atoms with van der Waals surface area (Å²) >= 11 is 0. The van der Waals surface area contributed by atoms with Crippen LogP contribution in [0.4, 0.5) is 0 Å². The summed E-state index contributed by atoms with van der Waals surface area (Å²) in [5, 5.41) is 23.1. The molecule has 1 aromatic rings. The quantitative estimate of drug-likeness (QED) is 0.754. The number of nitrogens with one attached hydrogen (secondary N) is 1. The Hall–Kier alpha value is -1.86. The molecule has 0 aliphatic carbocycles. The number of rotatable bonds is 4. The summed E-state index contributed by atoms with van der Waals surface area (Å²) in [7, 11) is 0. The molecule has 0 spiro atoms. The molecule has 0 aromatic carbocycles. The maximum atomic E-state index is 12.8. The van der Waals surface area contributed by atoms with Crippen LogP contribution in [0.1, 0.15) is 51.4 Å². The highest BCUT2D eigenvalue weighted by molar-refractivity contribution is 5.98. The van der Waals surface area contributed by atoms with Gasteiger partial charge >= 0.3 is 0 Å². The molecule has 3 atom stereocenters. The number of β-amino-alcohol motifs (C(OH)–C–C–N with tert-alkyl or cyclic N) is 1. The molecule has 1 aliphatic heterocycles. The lowest BCUT2D eigenvalue weighted by molar-refractivity contribution is -0.129. The molecule has 1 fully saturated rings. The van der Waals surface area contributed by atoms with Crippen molar-refractivity contribution in [1.29, 1.82) is 0 Å². The summed E-state index contributed by atoms with van der Waals surface area (Å²) < 4.78 is 4.91. The number of amides is 2. The van der Waals surface area contributed by atoms with Crippen LogP contribution in [0.2, 0.25) is 0 Å². The maximum Gasteiger partial charge on any atom is 0.257 e. The Morgan fingerprint density at radius 1 is 1.28 bits per heavy atom. The number of hydrogen-bond acceptors (Lipinski definition) is 5. The highest BCUT2D eigenvalue weighted by atomic mass is 16.3. The van der Waals surface area contributed by atoms with Crippen molar-refractivity contribution in [3.8, 4) is 0 Å². The highest BCUT2D eigenvalue weighted by Crippen LogP contribution is 2.28. The normalized spacial score (nSPS) is 24.4. The molecule has 1 saturated heterocycles. The van der Waals surface area contributed by atoms with Crippen molar-refractivity contribution < 1.29 is 24.2 Å². The lowest BCUT2D eigenvalue weighted by Gasteiger charge is -2.35. The monoisotopic (exact) mass is 352 g/mol. The summed E-state index contributed by atoms with van der Waals surface area (Å²) in [5.41, 5.74) is -0.253. The Morgan fingerprint density at radius 2 is 1.92 bits per heavy atom. The van der Waals surface area contributed by atoms with E-state index in [9.17, 15) is 19.8 Å². The number of carbonyl (C=O) groups is 2. The van der Waals surface area contributed by atoms with Gasteiger partial charge in [-0.1, -0.05) is 20.8 Å². The zero-order valence-corrected chi connectivity index (χ0v) is 15.4. The zero-order valence-electron chi connectivity index (χ0n) is 15.4. The minimum Gasteiger partial charge on any atom is -0.472 e. The summed E-state index contributed by atoms with van der Waals surface area (Å²) in [5.74, 6) is -0.937. The van der Waals surface area contributed by atoms with Crippen LogP contribution in [0.15, 0.2) is 23.0 Å². The van der Waals surface area contributed by atoms with E-state index in [4.69, 9.17) is 4.42 Å². The van der Waals surface area contributed by atoms with Gasteiger partial charge in [0.1, 0.15) is 24.5 Å². The van der Waals surface area contributed by atoms with Gasteiger partial charge in [-0.05, 0) is 31.7 Å². The third-order valence-corrected chi connectivity index (χ3v) is 4.17. The second-order valence-electron chi connectivity index (χ2n) is 8.58. The number of nitrogens with zero attached hydrogens (tertiary/aromatic N) is 1. The number of likely N-dealkylation sites (tertiary alicyclic amines) is 1. The summed E-state index contributed by atoms with van der Waals surface area (Å²) in [6, 6.07) is 0.342. The SMILES string of the molecule is CC(C)(C)CC(C)(C)NC(=O)[C@@H]1[C@@H](O)[C@@H](O)CN1C(=O)c1ccoc1. The maximum absolute atomic E-state index is 12.8. The third-order valence-electron chi connectivity index (χ3n) is 4.17. The van der Waals surface area contributed by atoms with Crippen molar-refractivity contribution >= 4 is 11.8 Å². The fraction of sp³-hybridized carbons (Fsp3) is 0.667. The Kier molecular flexibility index (Phi) is 5.30. The first kappa shape index (κ1) is 19.5. The van der Waals surface area contributed by atoms with Crippen LogP contribution in [0.25, 0.3) is 0 Å². The van der Waals surface area contributed by atoms with Crippen LogP contribution >= 0.6 is 0 Å². The second kappa shape index (κ2) is 6.80. The minimum atomic E-state index is -1.33. The molecule has 3 N–H and O–H groups in total. The fourth-order valence-electron chi connectivity index (χ4n) is 3.65. The largest absolute Gasteiger partial charge is 0.472 e. The van der Waals surface area contributed by atoms with Gasteiger partial charge in [-0.3, -0.25) is 9.59 Å². The van der Waals surface area contributed by atoms with Gasteiger partial charge in [-0.15, -0.1) is 0 Å². The molecule has 140 valence electrons. The minimum absolute atomic E-state index is 0.00309. The number of furan rings is 1. The standard InChI is InChI=1S/C18H28N2O5/c1-17(2,3)10-18(4,5)19-15(23)13-14(22)12(21)8-20(13)16(24)11-6-7-25-9-11/h6-7,9,12-14,21-22H,8,10H2,1-5H3,(H,19,23)/t12-,13-,14-/m0/s1. The van der Waals surface area contributed by atoms with Crippen molar-refractivity contribution in [3.63, 3.8) is 0 Å². The predicted molar refractivity (Wildman–Crippen MR) is 91.8 cm³/mol. The molecule has 0 bridgehead atoms. The van der Waals surface area contributed by atoms with Gasteiger partial charge in [-0.2, -0.15) is 0 Å². The first-order valence-electron chi connectivity index (χ1n) is 8.43. The Balaban J connectivity index is 2.18. The van der Waals surface area contributed by atoms with Gasteiger partial charge in [0.15, 0.2) is 0 Å². The molecule has 2 heterocycles. The van der Waals surface area contributed by atoms with Crippen LogP contribution in [-0.2, 0) is 4.79 Å². The van der Waals surface area contributed by atoms with E-state index in [0.29, 0.717) is 6.42 Å². The van der Waals surface area contributed by atoms with Crippen molar-refractivity contribution in [2.24, 2.45) is 5.41 Å². The van der Waals surface area contributed by atoms with Gasteiger partial charge in [0, 0.05) is 5.54 Å². The molecule has 0 saturated carbocycles. The number of aliphatic hydroxyl groups excluding tert-OH is 2. The second-order valence-corrected chi connectivity index (χ2v) is 8.58. The Bertz CT molecular complexity index is 618. The number of aliphatic hydroxyl groups is 2. The number of carbonyl (C=O) groups excluding carboxylic acids is 2. The first-order valence-corrected chi connectivity index (χ1v) is 8.43. The van der Waals surface area contributed by atoms with Crippen molar-refractivity contribution in [2.75, 3.05) is 6.54 Å². The van der Waals surface area contributed by atoms with E-state index in [0.717, 1.165) is 0 Å². The number of hydrogen-bond donors (Lipinski definition) is 3. The Labute approximate surface area is 148 Å². The molecular weight excluding hydrogens is 324 g/mol. The third kappa shape index (κ3) is 4.61. The van der Waals surface area contributed by atoms with Crippen LogP contribution in [0.3, 0.4) is 0 Å². The Morgan fingerprint density at radius 3 is 2.44 bits per heavy atom. The molecular formula is C18H28N2O5. The lowest BCUT2D eigenvalue weighted by Crippen LogP contribution is -2.56. The van der Waals surface area contributed by atoms with E-state index in [1.807, 2.05) is 13.8 Å². The molecule has 0 radical (unpaired) electrons. The van der Waals surface area contributed by atoms with E-state index in [1.165, 1.54) is 23.5 Å². The van der Waals surface area contributed by atoms with Gasteiger partial charge in [-0.25, -0.2) is 0 Å². The van der Waals surface area contributed by atoms with Crippen molar-refractivity contribution in [1.82, 2.24) is 10.2 Å². The van der Waals surface area contributed by atoms with Crippen LogP contribution in [-0.4, -0.2) is 57.3 Å². The molecule has 1 aliphatic rings. The lowest BCUT2D eigenvalue weighted by atomic mass is 9.81. The summed E-state index contributed by atoms with van der Waals surface area (Å²) in [4.78, 5) is 26.6. The molecule has 2 amide bonds. The van der Waals surface area contributed by atoms with E-state index < -0.39 is 35.6 Å². The van der Waals surface area contributed by atoms with Crippen LogP contribution in [0.5, 0.6) is 0 Å². The summed E-state index contributed by atoms with van der Waals surface area (Å²) in [6.07, 6.45) is 0.848. The predicted octanol–water partition coefficient (Wildman–Crippen LogP) is 1.16. The molecule has 2 rings (SSSR count). The molecule has 1 aromatic heterocycles.